The molecule has 6 nitrogen and oxygen atoms in total. The summed E-state index contributed by atoms with van der Waals surface area (Å²) >= 11 is 0. The van der Waals surface area contributed by atoms with Crippen LogP contribution in [0.3, 0.4) is 0 Å². The highest BCUT2D eigenvalue weighted by Gasteiger charge is 2.20. The highest BCUT2D eigenvalue weighted by Crippen LogP contribution is 2.22. The molecule has 0 aromatic heterocycles. The zero-order valence-corrected chi connectivity index (χ0v) is 16.9. The van der Waals surface area contributed by atoms with Crippen LogP contribution in [0.4, 0.5) is 0 Å². The van der Waals surface area contributed by atoms with Gasteiger partial charge in [0.1, 0.15) is 0 Å². The first-order chi connectivity index (χ1) is 13.6. The lowest BCUT2D eigenvalue weighted by Crippen LogP contribution is -2.45. The number of nitrogens with one attached hydrogen (secondary N) is 2. The van der Waals surface area contributed by atoms with E-state index < -0.39 is 5.91 Å². The minimum absolute atomic E-state index is 0.0164. The average molecular weight is 385 g/mol. The molecule has 0 bridgehead atoms. The van der Waals surface area contributed by atoms with Crippen molar-refractivity contribution in [2.45, 2.75) is 39.0 Å². The topological polar surface area (TPSA) is 79.6 Å². The number of benzene rings is 1. The Balaban J connectivity index is 1.54. The van der Waals surface area contributed by atoms with Crippen LogP contribution in [0.25, 0.3) is 5.70 Å². The minimum atomic E-state index is -0.400. The molecule has 1 aromatic rings. The second-order valence-corrected chi connectivity index (χ2v) is 7.43. The first-order valence-electron chi connectivity index (χ1n) is 10.2. The lowest BCUT2D eigenvalue weighted by molar-refractivity contribution is 0.0750. The molecule has 4 N–H and O–H groups in total. The van der Waals surface area contributed by atoms with Crippen molar-refractivity contribution in [1.29, 1.82) is 0 Å². The van der Waals surface area contributed by atoms with Crippen molar-refractivity contribution in [2.24, 2.45) is 5.73 Å². The third-order valence-corrected chi connectivity index (χ3v) is 5.41. The Morgan fingerprint density at radius 2 is 2.29 bits per heavy atom. The van der Waals surface area contributed by atoms with Gasteiger partial charge < -0.3 is 15.8 Å². The summed E-state index contributed by atoms with van der Waals surface area (Å²) < 4.78 is 5.75. The number of likely N-dealkylation sites (N-methyl/N-ethyl adjacent to an activating group) is 1. The third kappa shape index (κ3) is 5.22. The Hall–Kier alpha value is -2.15. The highest BCUT2D eigenvalue weighted by atomic mass is 16.5. The lowest BCUT2D eigenvalue weighted by Gasteiger charge is -2.27. The van der Waals surface area contributed by atoms with Crippen LogP contribution >= 0.6 is 0 Å². The summed E-state index contributed by atoms with van der Waals surface area (Å²) in [6.45, 7) is 8.86. The number of nitrogens with zero attached hydrogens (tertiary/aromatic N) is 1. The molecule has 2 unspecified atom stereocenters. The van der Waals surface area contributed by atoms with Crippen molar-refractivity contribution in [1.82, 2.24) is 15.5 Å². The van der Waals surface area contributed by atoms with Gasteiger partial charge in [0.25, 0.3) is 0 Å². The normalized spacial score (nSPS) is 21.6. The van der Waals surface area contributed by atoms with Crippen molar-refractivity contribution in [3.63, 3.8) is 0 Å². The van der Waals surface area contributed by atoms with Gasteiger partial charge in [0.15, 0.2) is 0 Å². The molecule has 3 rings (SSSR count). The van der Waals surface area contributed by atoms with Crippen molar-refractivity contribution in [3.8, 4) is 0 Å². The molecular weight excluding hydrogens is 352 g/mol. The second-order valence-electron chi connectivity index (χ2n) is 7.43. The van der Waals surface area contributed by atoms with Crippen molar-refractivity contribution < 1.29 is 9.53 Å². The number of allylic oxidation sites excluding steroid dienone is 2. The van der Waals surface area contributed by atoms with Gasteiger partial charge in [-0.1, -0.05) is 31.2 Å². The van der Waals surface area contributed by atoms with Crippen molar-refractivity contribution >= 4 is 11.6 Å². The molecule has 2 heterocycles. The van der Waals surface area contributed by atoms with Gasteiger partial charge in [0, 0.05) is 37.5 Å². The fraction of sp³-hybridized carbons (Fsp3) is 0.500. The Bertz CT molecular complexity index is 738. The molecule has 2 aliphatic heterocycles. The summed E-state index contributed by atoms with van der Waals surface area (Å²) in [5.41, 5.74) is 8.82. The zero-order valence-electron chi connectivity index (χ0n) is 16.9. The maximum atomic E-state index is 11.9. The van der Waals surface area contributed by atoms with E-state index in [-0.39, 0.29) is 6.17 Å². The zero-order chi connectivity index (χ0) is 19.9. The van der Waals surface area contributed by atoms with E-state index in [4.69, 9.17) is 10.5 Å². The summed E-state index contributed by atoms with van der Waals surface area (Å²) in [5, 5.41) is 7.01. The van der Waals surface area contributed by atoms with Crippen LogP contribution < -0.4 is 16.4 Å². The second kappa shape index (κ2) is 9.87. The van der Waals surface area contributed by atoms with Gasteiger partial charge in [0.2, 0.25) is 5.91 Å². The largest absolute Gasteiger partial charge is 0.377 e. The molecule has 1 saturated heterocycles. The van der Waals surface area contributed by atoms with Gasteiger partial charge in [-0.05, 0) is 44.0 Å². The Kier molecular flexibility index (Phi) is 7.25. The van der Waals surface area contributed by atoms with Gasteiger partial charge in [-0.3, -0.25) is 15.0 Å². The predicted molar refractivity (Wildman–Crippen MR) is 113 cm³/mol. The van der Waals surface area contributed by atoms with Crippen LogP contribution in [0.2, 0.25) is 0 Å². The molecule has 0 spiro atoms. The van der Waals surface area contributed by atoms with Gasteiger partial charge in [0.05, 0.1) is 17.8 Å². The van der Waals surface area contributed by atoms with Gasteiger partial charge in [-0.15, -0.1) is 0 Å². The quantitative estimate of drug-likeness (QED) is 0.607. The van der Waals surface area contributed by atoms with E-state index in [9.17, 15) is 4.79 Å². The Morgan fingerprint density at radius 3 is 3.00 bits per heavy atom. The van der Waals surface area contributed by atoms with Crippen LogP contribution in [0, 0.1) is 6.92 Å². The molecular formula is C22H32N4O2. The number of nitrogens with two attached hydrogens (primary N) is 1. The van der Waals surface area contributed by atoms with Crippen LogP contribution in [-0.2, 0) is 4.74 Å². The number of dihydropyridines is 1. The molecule has 2 atom stereocenters. The fourth-order valence-corrected chi connectivity index (χ4v) is 3.87. The average Bonchev–Trinajstić information content (AvgIpc) is 3.20. The molecule has 1 amide bonds. The first kappa shape index (κ1) is 20.6. The molecule has 0 radical (unpaired) electrons. The van der Waals surface area contributed by atoms with E-state index in [1.165, 1.54) is 12.8 Å². The number of rotatable bonds is 9. The van der Waals surface area contributed by atoms with E-state index in [0.717, 1.165) is 49.6 Å². The highest BCUT2D eigenvalue weighted by molar-refractivity contribution is 5.99. The summed E-state index contributed by atoms with van der Waals surface area (Å²) in [6, 6.07) is 5.79. The van der Waals surface area contributed by atoms with Crippen LogP contribution in [-0.4, -0.2) is 55.9 Å². The third-order valence-electron chi connectivity index (χ3n) is 5.41. The first-order valence-corrected chi connectivity index (χ1v) is 10.2. The van der Waals surface area contributed by atoms with Gasteiger partial charge in [-0.25, -0.2) is 0 Å². The predicted octanol–water partition coefficient (Wildman–Crippen LogP) is 2.01. The number of ether oxygens (including phenoxy) is 1. The molecule has 0 aliphatic carbocycles. The Labute approximate surface area is 167 Å². The summed E-state index contributed by atoms with van der Waals surface area (Å²) in [4.78, 5) is 14.3. The molecule has 0 saturated carbocycles. The summed E-state index contributed by atoms with van der Waals surface area (Å²) in [7, 11) is 0. The van der Waals surface area contributed by atoms with Gasteiger partial charge >= 0.3 is 0 Å². The summed E-state index contributed by atoms with van der Waals surface area (Å²) in [6.07, 6.45) is 8.83. The van der Waals surface area contributed by atoms with E-state index in [1.807, 2.05) is 37.3 Å². The Morgan fingerprint density at radius 1 is 1.43 bits per heavy atom. The smallest absolute Gasteiger partial charge is 0.249 e. The molecule has 28 heavy (non-hydrogen) atoms. The van der Waals surface area contributed by atoms with Gasteiger partial charge in [-0.2, -0.15) is 0 Å². The summed E-state index contributed by atoms with van der Waals surface area (Å²) in [5.74, 6) is -0.400. The molecule has 1 fully saturated rings. The van der Waals surface area contributed by atoms with E-state index in [1.54, 1.807) is 0 Å². The molecule has 2 aliphatic rings. The number of amides is 1. The number of carbonyl (C=O) groups excluding carboxylic acids is 1. The number of hydrogen-bond donors (Lipinski definition) is 3. The standard InChI is InChI=1S/C22H32N4O2/c1-3-26(15-17-8-6-14-28-17)13-12-24-20-11-5-10-19(25-20)18-9-4-7-16(2)21(18)22(23)27/h4-5,7,9-11,17,20,24-25H,3,6,8,12-15H2,1-2H3,(H2,23,27). The number of primary amides is 1. The number of aryl methyl sites for hydroxylation is 1. The molecule has 6 heteroatoms. The monoisotopic (exact) mass is 384 g/mol. The van der Waals surface area contributed by atoms with Crippen molar-refractivity contribution in [3.05, 3.63) is 53.1 Å². The maximum Gasteiger partial charge on any atom is 0.249 e. The van der Waals surface area contributed by atoms with Crippen LogP contribution in [0.5, 0.6) is 0 Å². The molecule has 1 aromatic carbocycles. The fourth-order valence-electron chi connectivity index (χ4n) is 3.87. The molecule has 152 valence electrons. The van der Waals surface area contributed by atoms with Crippen LogP contribution in [0.1, 0.15) is 41.3 Å². The van der Waals surface area contributed by atoms with E-state index >= 15 is 0 Å². The SMILES string of the molecule is CCN(CCNC1C=CC=C(c2cccc(C)c2C(N)=O)N1)CC1CCCO1. The number of hydrogen-bond acceptors (Lipinski definition) is 5. The van der Waals surface area contributed by atoms with E-state index in [2.05, 4.69) is 28.5 Å². The lowest BCUT2D eigenvalue weighted by atomic mass is 9.97. The maximum absolute atomic E-state index is 11.9. The van der Waals surface area contributed by atoms with E-state index in [0.29, 0.717) is 11.7 Å². The minimum Gasteiger partial charge on any atom is -0.377 e. The van der Waals surface area contributed by atoms with Crippen LogP contribution in [0.15, 0.2) is 36.4 Å². The van der Waals surface area contributed by atoms with Crippen molar-refractivity contribution in [2.75, 3.05) is 32.8 Å². The number of carbonyl (C=O) groups is 1.